The zero-order valence-electron chi connectivity index (χ0n) is 19.4. The highest BCUT2D eigenvalue weighted by atomic mass is 16.1. The summed E-state index contributed by atoms with van der Waals surface area (Å²) in [6.07, 6.45) is 4.50. The second-order valence-electron chi connectivity index (χ2n) is 9.47. The molecular weight excluding hydrogens is 372 g/mol. The Morgan fingerprint density at radius 2 is 1.83 bits per heavy atom. The maximum atomic E-state index is 13.4. The minimum Gasteiger partial charge on any atom is -0.298 e. The largest absolute Gasteiger partial charge is 0.298 e. The SMILES string of the molecule is CCc1c(C)nc2n(c1=O)CN(C1CCCC(C)C1C)CN2c1ccc(C)c(C)c1. The van der Waals surface area contributed by atoms with Crippen LogP contribution in [0.2, 0.25) is 0 Å². The van der Waals surface area contributed by atoms with Crippen LogP contribution in [0.1, 0.15) is 62.4 Å². The molecule has 30 heavy (non-hydrogen) atoms. The van der Waals surface area contributed by atoms with Gasteiger partial charge in [-0.1, -0.05) is 39.7 Å². The monoisotopic (exact) mass is 408 g/mol. The zero-order chi connectivity index (χ0) is 21.6. The molecule has 1 aromatic heterocycles. The first kappa shape index (κ1) is 21.1. The van der Waals surface area contributed by atoms with Gasteiger partial charge in [-0.25, -0.2) is 4.98 Å². The number of aryl methyl sites for hydroxylation is 3. The van der Waals surface area contributed by atoms with Gasteiger partial charge in [-0.3, -0.25) is 19.2 Å². The Bertz CT molecular complexity index is 995. The third-order valence-corrected chi connectivity index (χ3v) is 7.63. The summed E-state index contributed by atoms with van der Waals surface area (Å²) in [6.45, 7) is 14.5. The van der Waals surface area contributed by atoms with Gasteiger partial charge in [0.05, 0.1) is 13.3 Å². The van der Waals surface area contributed by atoms with Crippen LogP contribution in [-0.4, -0.2) is 27.2 Å². The first-order chi connectivity index (χ1) is 14.3. The van der Waals surface area contributed by atoms with Gasteiger partial charge in [-0.05, 0) is 68.7 Å². The predicted octanol–water partition coefficient (Wildman–Crippen LogP) is 4.92. The number of nitrogens with zero attached hydrogens (tertiary/aromatic N) is 4. The summed E-state index contributed by atoms with van der Waals surface area (Å²) in [5, 5.41) is 0. The Morgan fingerprint density at radius 3 is 2.53 bits per heavy atom. The number of anilines is 2. The molecule has 0 radical (unpaired) electrons. The summed E-state index contributed by atoms with van der Waals surface area (Å²) < 4.78 is 1.91. The standard InChI is InChI=1S/C25H36N4O/c1-7-22-20(6)26-25-28(21-12-11-16(2)18(4)13-21)14-27(15-29(25)24(22)30)23-10-8-9-17(3)19(23)5/h11-13,17,19,23H,7-10,14-15H2,1-6H3. The third-order valence-electron chi connectivity index (χ3n) is 7.63. The Kier molecular flexibility index (Phi) is 5.75. The zero-order valence-corrected chi connectivity index (χ0v) is 19.4. The second-order valence-corrected chi connectivity index (χ2v) is 9.47. The van der Waals surface area contributed by atoms with Crippen molar-refractivity contribution in [2.24, 2.45) is 11.8 Å². The minimum atomic E-state index is 0.120. The molecule has 1 saturated carbocycles. The topological polar surface area (TPSA) is 41.4 Å². The van der Waals surface area contributed by atoms with Gasteiger partial charge in [-0.2, -0.15) is 0 Å². The molecule has 1 aliphatic heterocycles. The molecule has 2 heterocycles. The predicted molar refractivity (Wildman–Crippen MR) is 123 cm³/mol. The van der Waals surface area contributed by atoms with Crippen LogP contribution in [0.4, 0.5) is 11.6 Å². The van der Waals surface area contributed by atoms with E-state index in [4.69, 9.17) is 4.98 Å². The van der Waals surface area contributed by atoms with Gasteiger partial charge in [0.1, 0.15) is 0 Å². The van der Waals surface area contributed by atoms with Crippen molar-refractivity contribution in [3.8, 4) is 0 Å². The van der Waals surface area contributed by atoms with Crippen LogP contribution in [0.5, 0.6) is 0 Å². The van der Waals surface area contributed by atoms with E-state index in [2.05, 4.69) is 55.7 Å². The average molecular weight is 409 g/mol. The minimum absolute atomic E-state index is 0.120. The van der Waals surface area contributed by atoms with Crippen LogP contribution in [0.25, 0.3) is 0 Å². The van der Waals surface area contributed by atoms with Gasteiger partial charge in [0, 0.05) is 23.0 Å². The first-order valence-corrected chi connectivity index (χ1v) is 11.5. The van der Waals surface area contributed by atoms with E-state index in [1.54, 1.807) is 0 Å². The van der Waals surface area contributed by atoms with Gasteiger partial charge in [-0.15, -0.1) is 0 Å². The van der Waals surface area contributed by atoms with Crippen molar-refractivity contribution < 1.29 is 0 Å². The Hall–Kier alpha value is -2.14. The van der Waals surface area contributed by atoms with Crippen molar-refractivity contribution in [2.75, 3.05) is 11.6 Å². The van der Waals surface area contributed by atoms with Gasteiger partial charge < -0.3 is 0 Å². The number of aromatic nitrogens is 2. The highest BCUT2D eigenvalue weighted by molar-refractivity contribution is 5.60. The van der Waals surface area contributed by atoms with Crippen molar-refractivity contribution >= 4 is 11.6 Å². The van der Waals surface area contributed by atoms with Gasteiger partial charge in [0.25, 0.3) is 5.56 Å². The summed E-state index contributed by atoms with van der Waals surface area (Å²) in [6, 6.07) is 7.06. The molecule has 162 valence electrons. The van der Waals surface area contributed by atoms with Crippen LogP contribution >= 0.6 is 0 Å². The van der Waals surface area contributed by atoms with E-state index in [-0.39, 0.29) is 5.56 Å². The lowest BCUT2D eigenvalue weighted by molar-refractivity contribution is 0.0491. The van der Waals surface area contributed by atoms with Crippen LogP contribution in [0.3, 0.4) is 0 Å². The molecule has 5 heteroatoms. The van der Waals surface area contributed by atoms with Crippen molar-refractivity contribution in [2.45, 2.75) is 79.9 Å². The van der Waals surface area contributed by atoms with Gasteiger partial charge in [0.2, 0.25) is 5.95 Å². The summed E-state index contributed by atoms with van der Waals surface area (Å²) >= 11 is 0. The molecular formula is C25H36N4O. The van der Waals surface area contributed by atoms with Crippen LogP contribution in [-0.2, 0) is 13.1 Å². The molecule has 2 aliphatic rings. The van der Waals surface area contributed by atoms with E-state index in [0.29, 0.717) is 18.6 Å². The van der Waals surface area contributed by atoms with E-state index in [0.717, 1.165) is 41.9 Å². The highest BCUT2D eigenvalue weighted by Gasteiger charge is 2.36. The Balaban J connectivity index is 1.83. The summed E-state index contributed by atoms with van der Waals surface area (Å²) in [5.74, 6) is 2.13. The normalized spacial score (nSPS) is 24.7. The van der Waals surface area contributed by atoms with E-state index in [1.165, 1.54) is 30.4 Å². The number of hydrogen-bond donors (Lipinski definition) is 0. The third kappa shape index (κ3) is 3.58. The number of rotatable bonds is 3. The lowest BCUT2D eigenvalue weighted by atomic mass is 9.77. The summed E-state index contributed by atoms with van der Waals surface area (Å²) in [7, 11) is 0. The fourth-order valence-corrected chi connectivity index (χ4v) is 5.27. The van der Waals surface area contributed by atoms with E-state index < -0.39 is 0 Å². The highest BCUT2D eigenvalue weighted by Crippen LogP contribution is 2.36. The maximum absolute atomic E-state index is 13.4. The lowest BCUT2D eigenvalue weighted by Gasteiger charge is -2.46. The van der Waals surface area contributed by atoms with Crippen LogP contribution in [0, 0.1) is 32.6 Å². The summed E-state index contributed by atoms with van der Waals surface area (Å²) in [4.78, 5) is 23.1. The smallest absolute Gasteiger partial charge is 0.259 e. The summed E-state index contributed by atoms with van der Waals surface area (Å²) in [5.41, 5.74) is 5.48. The Morgan fingerprint density at radius 1 is 1.07 bits per heavy atom. The fraction of sp³-hybridized carbons (Fsp3) is 0.600. The van der Waals surface area contributed by atoms with Crippen LogP contribution in [0.15, 0.2) is 23.0 Å². The lowest BCUT2D eigenvalue weighted by Crippen LogP contribution is -2.54. The molecule has 4 rings (SSSR count). The molecule has 0 saturated heterocycles. The molecule has 0 N–H and O–H groups in total. The Labute approximate surface area is 180 Å². The van der Waals surface area contributed by atoms with Crippen LogP contribution < -0.4 is 10.5 Å². The second kappa shape index (κ2) is 8.18. The van der Waals surface area contributed by atoms with E-state index in [1.807, 2.05) is 18.4 Å². The molecule has 0 amide bonds. The molecule has 2 aromatic rings. The van der Waals surface area contributed by atoms with Gasteiger partial charge >= 0.3 is 0 Å². The van der Waals surface area contributed by atoms with E-state index >= 15 is 0 Å². The average Bonchev–Trinajstić information content (AvgIpc) is 2.72. The van der Waals surface area contributed by atoms with Crippen molar-refractivity contribution in [1.29, 1.82) is 0 Å². The number of hydrogen-bond acceptors (Lipinski definition) is 4. The number of benzene rings is 1. The number of fused-ring (bicyclic) bond motifs is 1. The molecule has 3 atom stereocenters. The van der Waals surface area contributed by atoms with Gasteiger partial charge in [0.15, 0.2) is 0 Å². The van der Waals surface area contributed by atoms with E-state index in [9.17, 15) is 4.79 Å². The molecule has 0 spiro atoms. The van der Waals surface area contributed by atoms with Crippen molar-refractivity contribution in [3.63, 3.8) is 0 Å². The fourth-order valence-electron chi connectivity index (χ4n) is 5.27. The molecule has 1 fully saturated rings. The molecule has 0 bridgehead atoms. The molecule has 3 unspecified atom stereocenters. The quantitative estimate of drug-likeness (QED) is 0.722. The molecule has 1 aromatic carbocycles. The first-order valence-electron chi connectivity index (χ1n) is 11.5. The molecule has 5 nitrogen and oxygen atoms in total. The maximum Gasteiger partial charge on any atom is 0.259 e. The van der Waals surface area contributed by atoms with Crippen molar-refractivity contribution in [1.82, 2.24) is 14.5 Å². The molecule has 1 aliphatic carbocycles. The van der Waals surface area contributed by atoms with Crippen molar-refractivity contribution in [3.05, 3.63) is 50.9 Å².